The molecule has 0 aliphatic heterocycles. The molecule has 18 heavy (non-hydrogen) atoms. The summed E-state index contributed by atoms with van der Waals surface area (Å²) < 4.78 is 0. The first-order valence-corrected chi connectivity index (χ1v) is 5.97. The smallest absolute Gasteiger partial charge is 0.229 e. The molecule has 0 bridgehead atoms. The maximum absolute atomic E-state index is 11.9. The maximum Gasteiger partial charge on any atom is 0.229 e. The first kappa shape index (κ1) is 12.5. The van der Waals surface area contributed by atoms with E-state index >= 15 is 0 Å². The second-order valence-electron chi connectivity index (χ2n) is 5.47. The van der Waals surface area contributed by atoms with Crippen LogP contribution in [-0.2, 0) is 9.59 Å². The first-order valence-electron chi connectivity index (χ1n) is 5.97. The second kappa shape index (κ2) is 4.37. The van der Waals surface area contributed by atoms with Crippen molar-refractivity contribution >= 4 is 17.1 Å². The van der Waals surface area contributed by atoms with Crippen LogP contribution in [0, 0.1) is 5.41 Å². The predicted molar refractivity (Wildman–Crippen MR) is 72.0 cm³/mol. The largest absolute Gasteiger partial charge is 0.286 e. The summed E-state index contributed by atoms with van der Waals surface area (Å²) >= 11 is 0. The molecule has 0 aromatic heterocycles. The van der Waals surface area contributed by atoms with E-state index in [9.17, 15) is 9.59 Å². The Morgan fingerprint density at radius 1 is 0.889 bits per heavy atom. The average Bonchev–Trinajstić information content (AvgIpc) is 2.32. The van der Waals surface area contributed by atoms with Crippen molar-refractivity contribution in [1.82, 2.24) is 0 Å². The second-order valence-corrected chi connectivity index (χ2v) is 5.47. The highest BCUT2D eigenvalue weighted by atomic mass is 16.2. The molecule has 1 aromatic rings. The molecule has 0 saturated heterocycles. The van der Waals surface area contributed by atoms with Gasteiger partial charge in [0.05, 0.1) is 0 Å². The van der Waals surface area contributed by atoms with Crippen LogP contribution in [-0.4, -0.2) is 11.6 Å². The van der Waals surface area contributed by atoms with E-state index in [0.717, 1.165) is 11.1 Å². The van der Waals surface area contributed by atoms with Crippen molar-refractivity contribution < 1.29 is 9.59 Å². The number of benzene rings is 1. The van der Waals surface area contributed by atoms with Gasteiger partial charge in [0.2, 0.25) is 11.6 Å². The van der Waals surface area contributed by atoms with Gasteiger partial charge in [0.1, 0.15) is 0 Å². The van der Waals surface area contributed by atoms with Crippen molar-refractivity contribution in [3.05, 3.63) is 53.6 Å². The molecule has 2 rings (SSSR count). The van der Waals surface area contributed by atoms with Crippen molar-refractivity contribution in [2.75, 3.05) is 0 Å². The molecule has 1 aromatic carbocycles. The van der Waals surface area contributed by atoms with Gasteiger partial charge >= 0.3 is 0 Å². The standard InChI is InChI=1S/C16H16O2/c1-16(2,3)13-9-12(10-14(17)15(13)18)11-7-5-4-6-8-11/h4-10H,1-3H3. The van der Waals surface area contributed by atoms with Gasteiger partial charge < -0.3 is 0 Å². The summed E-state index contributed by atoms with van der Waals surface area (Å²) in [6.45, 7) is 5.83. The molecule has 0 saturated carbocycles. The topological polar surface area (TPSA) is 34.1 Å². The zero-order chi connectivity index (χ0) is 13.3. The summed E-state index contributed by atoms with van der Waals surface area (Å²) in [5, 5.41) is 0. The Morgan fingerprint density at radius 3 is 2.06 bits per heavy atom. The van der Waals surface area contributed by atoms with E-state index in [1.165, 1.54) is 6.08 Å². The molecule has 0 radical (unpaired) electrons. The molecule has 0 spiro atoms. The molecule has 0 heterocycles. The molecule has 0 atom stereocenters. The third kappa shape index (κ3) is 2.33. The zero-order valence-corrected chi connectivity index (χ0v) is 10.9. The minimum absolute atomic E-state index is 0.318. The lowest BCUT2D eigenvalue weighted by Crippen LogP contribution is -2.26. The van der Waals surface area contributed by atoms with Gasteiger partial charge in [-0.05, 0) is 28.7 Å². The molecule has 0 amide bonds. The summed E-state index contributed by atoms with van der Waals surface area (Å²) in [6, 6.07) is 9.63. The van der Waals surface area contributed by atoms with Crippen LogP contribution >= 0.6 is 0 Å². The summed E-state index contributed by atoms with van der Waals surface area (Å²) in [5.74, 6) is -0.816. The lowest BCUT2D eigenvalue weighted by atomic mass is 9.78. The number of hydrogen-bond donors (Lipinski definition) is 0. The van der Waals surface area contributed by atoms with Crippen molar-refractivity contribution in [1.29, 1.82) is 0 Å². The van der Waals surface area contributed by atoms with Crippen molar-refractivity contribution in [2.45, 2.75) is 20.8 Å². The van der Waals surface area contributed by atoms with E-state index in [0.29, 0.717) is 5.57 Å². The number of allylic oxidation sites excluding steroid dienone is 4. The van der Waals surface area contributed by atoms with Gasteiger partial charge in [-0.15, -0.1) is 0 Å². The fraction of sp³-hybridized carbons (Fsp3) is 0.250. The summed E-state index contributed by atoms with van der Waals surface area (Å²) in [4.78, 5) is 23.7. The molecule has 0 N–H and O–H groups in total. The summed E-state index contributed by atoms with van der Waals surface area (Å²) in [7, 11) is 0. The Hall–Kier alpha value is -1.96. The van der Waals surface area contributed by atoms with Crippen LogP contribution < -0.4 is 0 Å². The van der Waals surface area contributed by atoms with Gasteiger partial charge in [-0.2, -0.15) is 0 Å². The molecule has 2 heteroatoms. The SMILES string of the molecule is CC(C)(C)C1=CC(c2ccccc2)=CC(=O)C1=O. The normalized spacial score (nSPS) is 16.4. The fourth-order valence-corrected chi connectivity index (χ4v) is 1.96. The Morgan fingerprint density at radius 2 is 1.50 bits per heavy atom. The monoisotopic (exact) mass is 240 g/mol. The van der Waals surface area contributed by atoms with Crippen LogP contribution in [0.5, 0.6) is 0 Å². The zero-order valence-electron chi connectivity index (χ0n) is 10.9. The molecular formula is C16H16O2. The highest BCUT2D eigenvalue weighted by molar-refractivity contribution is 6.50. The third-order valence-electron chi connectivity index (χ3n) is 2.97. The van der Waals surface area contributed by atoms with Crippen LogP contribution in [0.15, 0.2) is 48.1 Å². The van der Waals surface area contributed by atoms with E-state index in [-0.39, 0.29) is 11.2 Å². The number of rotatable bonds is 1. The van der Waals surface area contributed by atoms with E-state index in [1.54, 1.807) is 0 Å². The minimum Gasteiger partial charge on any atom is -0.286 e. The van der Waals surface area contributed by atoms with Gasteiger partial charge in [-0.1, -0.05) is 51.1 Å². The van der Waals surface area contributed by atoms with Gasteiger partial charge in [-0.25, -0.2) is 0 Å². The number of carbonyl (C=O) groups excluding carboxylic acids is 2. The van der Waals surface area contributed by atoms with Gasteiger partial charge in [0.15, 0.2) is 0 Å². The van der Waals surface area contributed by atoms with Gasteiger partial charge in [0.25, 0.3) is 0 Å². The average molecular weight is 240 g/mol. The molecule has 92 valence electrons. The van der Waals surface area contributed by atoms with Gasteiger partial charge in [-0.3, -0.25) is 9.59 Å². The molecule has 2 nitrogen and oxygen atoms in total. The van der Waals surface area contributed by atoms with E-state index in [4.69, 9.17) is 0 Å². The first-order chi connectivity index (χ1) is 8.39. The van der Waals surface area contributed by atoms with Crippen molar-refractivity contribution in [2.24, 2.45) is 5.41 Å². The lowest BCUT2D eigenvalue weighted by Gasteiger charge is -2.24. The van der Waals surface area contributed by atoms with Crippen LogP contribution in [0.4, 0.5) is 0 Å². The highest BCUT2D eigenvalue weighted by Crippen LogP contribution is 2.32. The van der Waals surface area contributed by atoms with Crippen molar-refractivity contribution in [3.63, 3.8) is 0 Å². The third-order valence-corrected chi connectivity index (χ3v) is 2.97. The predicted octanol–water partition coefficient (Wildman–Crippen LogP) is 3.19. The maximum atomic E-state index is 11.9. The van der Waals surface area contributed by atoms with Crippen LogP contribution in [0.25, 0.3) is 5.57 Å². The quantitative estimate of drug-likeness (QED) is 0.558. The number of Topliss-reactive ketones (excluding diaryl/α,β-unsaturated/α-hetero) is 1. The fourth-order valence-electron chi connectivity index (χ4n) is 1.96. The molecule has 0 unspecified atom stereocenters. The Labute approximate surface area is 107 Å². The van der Waals surface area contributed by atoms with Crippen LogP contribution in [0.1, 0.15) is 26.3 Å². The van der Waals surface area contributed by atoms with Crippen LogP contribution in [0.3, 0.4) is 0 Å². The minimum atomic E-state index is -0.429. The number of carbonyl (C=O) groups is 2. The van der Waals surface area contributed by atoms with E-state index in [2.05, 4.69) is 0 Å². The highest BCUT2D eigenvalue weighted by Gasteiger charge is 2.30. The number of ketones is 2. The van der Waals surface area contributed by atoms with Crippen LogP contribution in [0.2, 0.25) is 0 Å². The Kier molecular flexibility index (Phi) is 3.04. The van der Waals surface area contributed by atoms with Crippen molar-refractivity contribution in [3.8, 4) is 0 Å². The summed E-state index contributed by atoms with van der Waals surface area (Å²) in [5.41, 5.74) is 2.03. The molecular weight excluding hydrogens is 224 g/mol. The molecule has 1 aliphatic carbocycles. The number of hydrogen-bond acceptors (Lipinski definition) is 2. The Balaban J connectivity index is 2.51. The van der Waals surface area contributed by atoms with Gasteiger partial charge in [0, 0.05) is 5.57 Å². The Bertz CT molecular complexity index is 555. The summed E-state index contributed by atoms with van der Waals surface area (Å²) in [6.07, 6.45) is 3.26. The van der Waals surface area contributed by atoms with E-state index in [1.807, 2.05) is 57.2 Å². The molecule has 1 aliphatic rings. The lowest BCUT2D eigenvalue weighted by molar-refractivity contribution is -0.132. The molecule has 0 fully saturated rings. The van der Waals surface area contributed by atoms with E-state index < -0.39 is 5.78 Å².